The number of ether oxygens (including phenoxy) is 3. The van der Waals surface area contributed by atoms with Gasteiger partial charge in [0.05, 0.1) is 30.7 Å². The van der Waals surface area contributed by atoms with Crippen molar-refractivity contribution >= 4 is 40.1 Å². The number of hydrogen-bond acceptors (Lipinski definition) is 8. The minimum Gasteiger partial charge on any atom is -0.491 e. The summed E-state index contributed by atoms with van der Waals surface area (Å²) in [5, 5.41) is 0.500. The molecular weight excluding hydrogens is 736 g/mol. The van der Waals surface area contributed by atoms with Crippen LogP contribution in [0.25, 0.3) is 0 Å². The number of allylic oxidation sites excluding steroid dienone is 1. The number of amides is 2. The quantitative estimate of drug-likeness (QED) is 0.271. The molecule has 12 heteroatoms. The molecule has 1 fully saturated rings. The van der Waals surface area contributed by atoms with Crippen LogP contribution in [-0.2, 0) is 31.7 Å². The van der Waals surface area contributed by atoms with Gasteiger partial charge in [0.2, 0.25) is 5.91 Å². The van der Waals surface area contributed by atoms with E-state index in [4.69, 9.17) is 21.1 Å². The van der Waals surface area contributed by atoms with Gasteiger partial charge in [0, 0.05) is 77.1 Å². The Labute approximate surface area is 337 Å². The van der Waals surface area contributed by atoms with Gasteiger partial charge in [-0.25, -0.2) is 4.21 Å². The Balaban J connectivity index is 0.00000217. The number of nitrogens with one attached hydrogen (secondary N) is 1. The number of piperazine rings is 1. The summed E-state index contributed by atoms with van der Waals surface area (Å²) < 4.78 is 32.3. The third kappa shape index (κ3) is 12.3. The molecule has 1 N–H and O–H groups in total. The highest BCUT2D eigenvalue weighted by Crippen LogP contribution is 2.39. The molecule has 0 aromatic heterocycles. The van der Waals surface area contributed by atoms with E-state index in [9.17, 15) is 13.8 Å². The van der Waals surface area contributed by atoms with Crippen molar-refractivity contribution in [3.63, 3.8) is 0 Å². The molecule has 2 aromatic rings. The fraction of sp³-hybridized carbons (Fsp3) is 0.628. The second-order valence-corrected chi connectivity index (χ2v) is 17.5. The number of nitrogens with zero attached hydrogens (tertiary/aromatic N) is 3. The first-order chi connectivity index (χ1) is 26.4. The molecule has 5 rings (SSSR count). The molecule has 2 bridgehead atoms. The van der Waals surface area contributed by atoms with E-state index in [1.54, 1.807) is 27.4 Å². The van der Waals surface area contributed by atoms with Gasteiger partial charge in [-0.05, 0) is 84.9 Å². The molecule has 3 aliphatic heterocycles. The van der Waals surface area contributed by atoms with Gasteiger partial charge in [0.25, 0.3) is 5.91 Å². The van der Waals surface area contributed by atoms with Crippen LogP contribution < -0.4 is 14.4 Å². The van der Waals surface area contributed by atoms with Gasteiger partial charge in [-0.15, -0.1) is 0 Å². The Morgan fingerprint density at radius 2 is 1.76 bits per heavy atom. The van der Waals surface area contributed by atoms with Crippen molar-refractivity contribution in [2.24, 2.45) is 23.7 Å². The standard InChI is InChI=1S/C41H59ClN4O5S.C2H6O/c1-7-10-31-21-35(42)14-15-37(31)34-25-46-23-29(4)36(8-2)33(24-44-17-18-45(19-20-50-6)40(47)26-44)12-9-11-28(3)30(5)52(49)43-41(48)32-13-16-39(51-27-34)38(46)22-32;1-3-2/h9,12-16,21-22,28-30,33-34,36H,7-8,10-11,17-20,23-27H2,1-6H3,(H,43,48);1-2H3/b12-9+;. The number of fused-ring (bicyclic) bond motifs is 1. The van der Waals surface area contributed by atoms with Crippen LogP contribution >= 0.6 is 11.6 Å². The normalized spacial score (nSPS) is 27.3. The van der Waals surface area contributed by atoms with Crippen molar-refractivity contribution in [3.8, 4) is 5.75 Å². The van der Waals surface area contributed by atoms with Crippen LogP contribution in [0.5, 0.6) is 5.75 Å². The van der Waals surface area contributed by atoms with Crippen LogP contribution in [0.15, 0.2) is 48.6 Å². The van der Waals surface area contributed by atoms with E-state index < -0.39 is 11.0 Å². The van der Waals surface area contributed by atoms with Crippen molar-refractivity contribution in [1.29, 1.82) is 0 Å². The lowest BCUT2D eigenvalue weighted by atomic mass is 9.79. The predicted octanol–water partition coefficient (Wildman–Crippen LogP) is 6.98. The summed E-state index contributed by atoms with van der Waals surface area (Å²) in [4.78, 5) is 33.3. The average Bonchev–Trinajstić information content (AvgIpc) is 3.33. The molecule has 3 aliphatic rings. The van der Waals surface area contributed by atoms with Gasteiger partial charge in [-0.3, -0.25) is 19.2 Å². The van der Waals surface area contributed by atoms with Crippen LogP contribution in [0.1, 0.15) is 81.3 Å². The summed E-state index contributed by atoms with van der Waals surface area (Å²) in [6.07, 6.45) is 8.28. The molecule has 0 saturated carbocycles. The third-order valence-electron chi connectivity index (χ3n) is 11.4. The van der Waals surface area contributed by atoms with E-state index in [1.807, 2.05) is 30.0 Å². The van der Waals surface area contributed by atoms with Gasteiger partial charge >= 0.3 is 0 Å². The number of halogens is 1. The van der Waals surface area contributed by atoms with E-state index in [0.29, 0.717) is 44.3 Å². The molecule has 0 spiro atoms. The molecule has 1 saturated heterocycles. The van der Waals surface area contributed by atoms with Crippen molar-refractivity contribution in [2.75, 3.05) is 85.3 Å². The molecule has 10 nitrogen and oxygen atoms in total. The Morgan fingerprint density at radius 3 is 2.45 bits per heavy atom. The highest BCUT2D eigenvalue weighted by molar-refractivity contribution is 7.84. The minimum absolute atomic E-state index is 0.0901. The van der Waals surface area contributed by atoms with E-state index in [2.05, 4.69) is 71.2 Å². The molecule has 3 heterocycles. The van der Waals surface area contributed by atoms with Crippen molar-refractivity contribution in [2.45, 2.75) is 71.5 Å². The van der Waals surface area contributed by atoms with Gasteiger partial charge < -0.3 is 24.0 Å². The zero-order valence-corrected chi connectivity index (χ0v) is 35.9. The summed E-state index contributed by atoms with van der Waals surface area (Å²) in [5.41, 5.74) is 3.84. The lowest BCUT2D eigenvalue weighted by molar-refractivity contribution is -0.137. The topological polar surface area (TPSA) is 101 Å². The van der Waals surface area contributed by atoms with E-state index in [1.165, 1.54) is 11.1 Å². The number of carbonyl (C=O) groups is 2. The second-order valence-electron chi connectivity index (χ2n) is 15.5. The Morgan fingerprint density at radius 1 is 1.00 bits per heavy atom. The number of hydrogen-bond donors (Lipinski definition) is 1. The fourth-order valence-electron chi connectivity index (χ4n) is 8.17. The van der Waals surface area contributed by atoms with Crippen molar-refractivity contribution < 1.29 is 28.0 Å². The van der Waals surface area contributed by atoms with Crippen molar-refractivity contribution in [3.05, 3.63) is 70.3 Å². The summed E-state index contributed by atoms with van der Waals surface area (Å²) in [7, 11) is 3.36. The summed E-state index contributed by atoms with van der Waals surface area (Å²) in [5.74, 6) is 1.56. The molecule has 7 unspecified atom stereocenters. The molecular formula is C43H65ClN4O6S. The van der Waals surface area contributed by atoms with Gasteiger partial charge in [-0.1, -0.05) is 70.4 Å². The van der Waals surface area contributed by atoms with E-state index in [0.717, 1.165) is 68.3 Å². The van der Waals surface area contributed by atoms with E-state index >= 15 is 0 Å². The van der Waals surface area contributed by atoms with Crippen LogP contribution in [0.4, 0.5) is 5.69 Å². The molecule has 2 amide bonds. The van der Waals surface area contributed by atoms with Gasteiger partial charge in [0.15, 0.2) is 0 Å². The Hall–Kier alpha value is -2.96. The second kappa shape index (κ2) is 22.1. The zero-order valence-electron chi connectivity index (χ0n) is 34.4. The maximum absolute atomic E-state index is 13.5. The Bertz CT molecular complexity index is 1610. The molecule has 306 valence electrons. The number of anilines is 1. The largest absolute Gasteiger partial charge is 0.491 e. The van der Waals surface area contributed by atoms with Crippen LogP contribution in [-0.4, -0.2) is 111 Å². The molecule has 7 atom stereocenters. The molecule has 0 radical (unpaired) electrons. The number of methoxy groups -OCH3 is 2. The van der Waals surface area contributed by atoms with Gasteiger partial charge in [-0.2, -0.15) is 0 Å². The lowest BCUT2D eigenvalue weighted by Gasteiger charge is -2.39. The van der Waals surface area contributed by atoms with E-state index in [-0.39, 0.29) is 40.7 Å². The average molecular weight is 802 g/mol. The first-order valence-corrected chi connectivity index (χ1v) is 21.6. The number of benzene rings is 2. The third-order valence-corrected chi connectivity index (χ3v) is 13.2. The molecule has 2 aromatic carbocycles. The monoisotopic (exact) mass is 800 g/mol. The Kier molecular flexibility index (Phi) is 18.0. The lowest BCUT2D eigenvalue weighted by Crippen LogP contribution is -2.52. The SMILES string of the molecule is CCCc1cc(Cl)ccc1C1COc2ccc3cc2N(C1)CC(C)C(CC)C(CN1CCN(CCOC)C(=O)C1)/C=C/CC(C)C(C)S(=O)NC3=O.COC. The first kappa shape index (κ1) is 44.8. The zero-order chi connectivity index (χ0) is 40.1. The molecule has 55 heavy (non-hydrogen) atoms. The van der Waals surface area contributed by atoms with Crippen LogP contribution in [0, 0.1) is 23.7 Å². The number of aryl methyl sites for hydroxylation is 1. The van der Waals surface area contributed by atoms with Crippen molar-refractivity contribution in [1.82, 2.24) is 14.5 Å². The predicted molar refractivity (Wildman–Crippen MR) is 225 cm³/mol. The van der Waals surface area contributed by atoms with Crippen LogP contribution in [0.3, 0.4) is 0 Å². The maximum Gasteiger partial charge on any atom is 0.263 e. The highest BCUT2D eigenvalue weighted by atomic mass is 35.5. The highest BCUT2D eigenvalue weighted by Gasteiger charge is 2.34. The summed E-state index contributed by atoms with van der Waals surface area (Å²) in [6.45, 7) is 16.7. The number of carbonyl (C=O) groups excluding carboxylic acids is 2. The van der Waals surface area contributed by atoms with Crippen LogP contribution in [0.2, 0.25) is 5.02 Å². The minimum atomic E-state index is -1.56. The number of rotatable bonds is 9. The van der Waals surface area contributed by atoms with Gasteiger partial charge in [0.1, 0.15) is 16.7 Å². The summed E-state index contributed by atoms with van der Waals surface area (Å²) in [6, 6.07) is 11.8. The summed E-state index contributed by atoms with van der Waals surface area (Å²) >= 11 is 6.48. The molecule has 0 aliphatic carbocycles. The maximum atomic E-state index is 13.5. The first-order valence-electron chi connectivity index (χ1n) is 20.0. The smallest absolute Gasteiger partial charge is 0.263 e. The fourth-order valence-corrected chi connectivity index (χ4v) is 9.38.